The highest BCUT2D eigenvalue weighted by Gasteiger charge is 2.04. The van der Waals surface area contributed by atoms with Crippen molar-refractivity contribution >= 4 is 16.5 Å². The first-order valence-electron chi connectivity index (χ1n) is 3.85. The molecule has 0 saturated heterocycles. The molecule has 64 valence electrons. The Balaban J connectivity index is 2.69. The van der Waals surface area contributed by atoms with Crippen LogP contribution in [-0.2, 0) is 0 Å². The Hall–Kier alpha value is -1.08. The molecular formula is C8H11N3S. The van der Waals surface area contributed by atoms with E-state index < -0.39 is 0 Å². The first-order chi connectivity index (χ1) is 5.77. The zero-order valence-corrected chi connectivity index (χ0v) is 8.06. The molecule has 0 unspecified atom stereocenters. The minimum absolute atomic E-state index is 0.674. The highest BCUT2D eigenvalue weighted by atomic mass is 32.1. The molecule has 12 heavy (non-hydrogen) atoms. The second-order valence-corrected chi connectivity index (χ2v) is 3.55. The summed E-state index contributed by atoms with van der Waals surface area (Å²) < 4.78 is 0. The van der Waals surface area contributed by atoms with Gasteiger partial charge in [-0.25, -0.2) is 4.98 Å². The normalized spacial score (nSPS) is 9.42. The molecule has 0 aromatic carbocycles. The van der Waals surface area contributed by atoms with Crippen molar-refractivity contribution in [3.8, 4) is 6.07 Å². The predicted molar refractivity (Wildman–Crippen MR) is 50.4 cm³/mol. The third-order valence-electron chi connectivity index (χ3n) is 1.49. The van der Waals surface area contributed by atoms with Crippen molar-refractivity contribution in [3.05, 3.63) is 11.1 Å². The molecule has 0 aliphatic heterocycles. The number of anilines is 1. The van der Waals surface area contributed by atoms with Gasteiger partial charge in [0.15, 0.2) is 5.13 Å². The van der Waals surface area contributed by atoms with Crippen LogP contribution in [0.4, 0.5) is 5.13 Å². The molecule has 0 fully saturated rings. The average molecular weight is 181 g/mol. The lowest BCUT2D eigenvalue weighted by molar-refractivity contribution is 0.848. The van der Waals surface area contributed by atoms with Gasteiger partial charge in [-0.3, -0.25) is 0 Å². The smallest absolute Gasteiger partial charge is 0.186 e. The Labute approximate surface area is 76.3 Å². The molecule has 1 aromatic rings. The average Bonchev–Trinajstić information content (AvgIpc) is 2.52. The van der Waals surface area contributed by atoms with Gasteiger partial charge in [0.2, 0.25) is 0 Å². The third-order valence-corrected chi connectivity index (χ3v) is 2.51. The fraction of sp³-hybridized carbons (Fsp3) is 0.500. The van der Waals surface area contributed by atoms with E-state index in [1.165, 1.54) is 11.3 Å². The summed E-state index contributed by atoms with van der Waals surface area (Å²) in [5.41, 5.74) is 0. The molecule has 3 nitrogen and oxygen atoms in total. The van der Waals surface area contributed by atoms with E-state index in [-0.39, 0.29) is 0 Å². The van der Waals surface area contributed by atoms with Crippen LogP contribution in [0.15, 0.2) is 6.20 Å². The quantitative estimate of drug-likeness (QED) is 0.714. The van der Waals surface area contributed by atoms with Crippen LogP contribution in [0, 0.1) is 11.3 Å². The van der Waals surface area contributed by atoms with Gasteiger partial charge < -0.3 is 4.90 Å². The van der Waals surface area contributed by atoms with E-state index in [0.29, 0.717) is 4.88 Å². The van der Waals surface area contributed by atoms with E-state index in [0.717, 1.165) is 18.1 Å². The second kappa shape index (κ2) is 4.07. The fourth-order valence-electron chi connectivity index (χ4n) is 0.924. The lowest BCUT2D eigenvalue weighted by Gasteiger charge is -2.13. The number of hydrogen-bond donors (Lipinski definition) is 0. The van der Waals surface area contributed by atoms with Crippen molar-refractivity contribution in [1.29, 1.82) is 5.26 Å². The van der Waals surface area contributed by atoms with Crippen LogP contribution in [0.5, 0.6) is 0 Å². The maximum absolute atomic E-state index is 8.56. The summed E-state index contributed by atoms with van der Waals surface area (Å²) in [5, 5.41) is 9.49. The van der Waals surface area contributed by atoms with Gasteiger partial charge in [-0.15, -0.1) is 0 Å². The number of hydrogen-bond acceptors (Lipinski definition) is 4. The Morgan fingerprint density at radius 1 is 1.75 bits per heavy atom. The molecule has 1 aromatic heterocycles. The number of aromatic nitrogens is 1. The van der Waals surface area contributed by atoms with Crippen molar-refractivity contribution in [2.45, 2.75) is 13.3 Å². The van der Waals surface area contributed by atoms with Crippen LogP contribution in [-0.4, -0.2) is 18.6 Å². The van der Waals surface area contributed by atoms with Crippen molar-refractivity contribution in [2.24, 2.45) is 0 Å². The van der Waals surface area contributed by atoms with E-state index in [1.54, 1.807) is 6.20 Å². The summed E-state index contributed by atoms with van der Waals surface area (Å²) in [6.45, 7) is 3.10. The van der Waals surface area contributed by atoms with Crippen LogP contribution in [0.25, 0.3) is 0 Å². The Kier molecular flexibility index (Phi) is 3.06. The number of thiazole rings is 1. The van der Waals surface area contributed by atoms with Crippen LogP contribution in [0.2, 0.25) is 0 Å². The van der Waals surface area contributed by atoms with Crippen molar-refractivity contribution in [1.82, 2.24) is 4.98 Å². The molecule has 0 radical (unpaired) electrons. The molecule has 0 spiro atoms. The van der Waals surface area contributed by atoms with Gasteiger partial charge >= 0.3 is 0 Å². The molecule has 0 amide bonds. The zero-order chi connectivity index (χ0) is 8.97. The molecule has 1 heterocycles. The molecular weight excluding hydrogens is 170 g/mol. The summed E-state index contributed by atoms with van der Waals surface area (Å²) in [7, 11) is 1.99. The Morgan fingerprint density at radius 2 is 2.50 bits per heavy atom. The maximum atomic E-state index is 8.56. The summed E-state index contributed by atoms with van der Waals surface area (Å²) in [4.78, 5) is 6.86. The van der Waals surface area contributed by atoms with Gasteiger partial charge in [0, 0.05) is 13.6 Å². The van der Waals surface area contributed by atoms with Crippen molar-refractivity contribution in [3.63, 3.8) is 0 Å². The van der Waals surface area contributed by atoms with Gasteiger partial charge in [0.1, 0.15) is 10.9 Å². The molecule has 0 saturated carbocycles. The van der Waals surface area contributed by atoms with Crippen molar-refractivity contribution < 1.29 is 0 Å². The number of nitriles is 1. The van der Waals surface area contributed by atoms with Gasteiger partial charge in [0.05, 0.1) is 6.20 Å². The number of rotatable bonds is 3. The van der Waals surface area contributed by atoms with Crippen LogP contribution >= 0.6 is 11.3 Å². The van der Waals surface area contributed by atoms with Crippen LogP contribution in [0.3, 0.4) is 0 Å². The van der Waals surface area contributed by atoms with Gasteiger partial charge in [0.25, 0.3) is 0 Å². The van der Waals surface area contributed by atoms with E-state index in [1.807, 2.05) is 7.05 Å². The van der Waals surface area contributed by atoms with Crippen LogP contribution < -0.4 is 4.90 Å². The molecule has 0 N–H and O–H groups in total. The summed E-state index contributed by atoms with van der Waals surface area (Å²) in [6.07, 6.45) is 2.71. The summed E-state index contributed by atoms with van der Waals surface area (Å²) >= 11 is 1.43. The largest absolute Gasteiger partial charge is 0.351 e. The van der Waals surface area contributed by atoms with Gasteiger partial charge in [-0.1, -0.05) is 18.3 Å². The lowest BCUT2D eigenvalue weighted by atomic mass is 10.5. The van der Waals surface area contributed by atoms with Crippen LogP contribution in [0.1, 0.15) is 18.2 Å². The van der Waals surface area contributed by atoms with E-state index in [4.69, 9.17) is 5.26 Å². The predicted octanol–water partition coefficient (Wildman–Crippen LogP) is 1.86. The molecule has 0 aliphatic rings. The molecule has 4 heteroatoms. The standard InChI is InChI=1S/C8H11N3S/c1-3-4-11(2)8-10-6-7(5-9)12-8/h6H,3-4H2,1-2H3. The SMILES string of the molecule is CCCN(C)c1ncc(C#N)s1. The molecule has 1 rings (SSSR count). The molecule has 0 atom stereocenters. The minimum atomic E-state index is 0.674. The summed E-state index contributed by atoms with van der Waals surface area (Å²) in [5.74, 6) is 0. The first-order valence-corrected chi connectivity index (χ1v) is 4.66. The van der Waals surface area contributed by atoms with E-state index in [9.17, 15) is 0 Å². The lowest BCUT2D eigenvalue weighted by Crippen LogP contribution is -2.17. The second-order valence-electron chi connectivity index (χ2n) is 2.54. The molecule has 0 aliphatic carbocycles. The highest BCUT2D eigenvalue weighted by Crippen LogP contribution is 2.20. The van der Waals surface area contributed by atoms with Crippen molar-refractivity contribution in [2.75, 3.05) is 18.5 Å². The fourth-order valence-corrected chi connectivity index (χ4v) is 1.62. The number of nitrogens with zero attached hydrogens (tertiary/aromatic N) is 3. The third kappa shape index (κ3) is 1.95. The summed E-state index contributed by atoms with van der Waals surface area (Å²) in [6, 6.07) is 2.07. The van der Waals surface area contributed by atoms with Gasteiger partial charge in [-0.2, -0.15) is 5.26 Å². The van der Waals surface area contributed by atoms with E-state index in [2.05, 4.69) is 22.9 Å². The minimum Gasteiger partial charge on any atom is -0.351 e. The topological polar surface area (TPSA) is 39.9 Å². The van der Waals surface area contributed by atoms with E-state index >= 15 is 0 Å². The highest BCUT2D eigenvalue weighted by molar-refractivity contribution is 7.16. The zero-order valence-electron chi connectivity index (χ0n) is 7.24. The Morgan fingerprint density at radius 3 is 3.00 bits per heavy atom. The first kappa shape index (κ1) is 9.01. The maximum Gasteiger partial charge on any atom is 0.186 e. The Bertz CT molecular complexity index is 287. The molecule has 0 bridgehead atoms. The van der Waals surface area contributed by atoms with Gasteiger partial charge in [-0.05, 0) is 6.42 Å². The monoisotopic (exact) mass is 181 g/mol.